The molecule has 114 valence electrons. The first kappa shape index (κ1) is 17.3. The van der Waals surface area contributed by atoms with Crippen molar-refractivity contribution in [3.63, 3.8) is 0 Å². The van der Waals surface area contributed by atoms with Crippen molar-refractivity contribution in [2.24, 2.45) is 0 Å². The van der Waals surface area contributed by atoms with Crippen LogP contribution in [0, 0.1) is 13.8 Å². The molecule has 0 saturated heterocycles. The second-order valence-electron chi connectivity index (χ2n) is 4.87. The summed E-state index contributed by atoms with van der Waals surface area (Å²) < 4.78 is 27.5. The van der Waals surface area contributed by atoms with E-state index >= 15 is 0 Å². The molecule has 20 heavy (non-hydrogen) atoms. The monoisotopic (exact) mass is 316 g/mol. The lowest BCUT2D eigenvalue weighted by molar-refractivity contribution is 0.580. The fourth-order valence-electron chi connectivity index (χ4n) is 2.06. The highest BCUT2D eigenvalue weighted by Crippen LogP contribution is 2.24. The summed E-state index contributed by atoms with van der Waals surface area (Å²) in [4.78, 5) is 0.396. The fraction of sp³-hybridized carbons (Fsp3) is 0.571. The lowest BCUT2D eigenvalue weighted by Gasteiger charge is -2.16. The van der Waals surface area contributed by atoms with Crippen LogP contribution in [0.3, 0.4) is 0 Å². The third-order valence-corrected chi connectivity index (χ3v) is 5.77. The predicted molar refractivity (Wildman–Crippen MR) is 88.2 cm³/mol. The maximum absolute atomic E-state index is 12.4. The Morgan fingerprint density at radius 2 is 1.80 bits per heavy atom. The highest BCUT2D eigenvalue weighted by Gasteiger charge is 2.20. The highest BCUT2D eigenvalue weighted by atomic mass is 32.2. The van der Waals surface area contributed by atoms with Crippen molar-refractivity contribution in [1.29, 1.82) is 0 Å². The van der Waals surface area contributed by atoms with Gasteiger partial charge in [0.15, 0.2) is 0 Å². The molecule has 1 aromatic rings. The van der Waals surface area contributed by atoms with E-state index in [4.69, 9.17) is 0 Å². The highest BCUT2D eigenvalue weighted by molar-refractivity contribution is 7.99. The number of benzene rings is 1. The van der Waals surface area contributed by atoms with Crippen molar-refractivity contribution in [2.75, 3.05) is 24.7 Å². The minimum atomic E-state index is -3.45. The molecule has 1 aromatic carbocycles. The van der Waals surface area contributed by atoms with E-state index in [1.807, 2.05) is 46.1 Å². The van der Waals surface area contributed by atoms with E-state index in [-0.39, 0.29) is 5.25 Å². The average Bonchev–Trinajstić information content (AvgIpc) is 2.35. The van der Waals surface area contributed by atoms with Crippen LogP contribution in [0.1, 0.15) is 25.0 Å². The van der Waals surface area contributed by atoms with Crippen LogP contribution in [0.4, 0.5) is 5.69 Å². The number of rotatable bonds is 7. The molecule has 0 aromatic heterocycles. The van der Waals surface area contributed by atoms with E-state index in [9.17, 15) is 8.42 Å². The van der Waals surface area contributed by atoms with Crippen molar-refractivity contribution in [3.8, 4) is 0 Å². The first-order chi connectivity index (χ1) is 9.31. The molecule has 0 saturated carbocycles. The first-order valence-corrected chi connectivity index (χ1v) is 9.46. The molecular weight excluding hydrogens is 292 g/mol. The number of sulfonamides is 1. The molecule has 1 unspecified atom stereocenters. The van der Waals surface area contributed by atoms with Crippen LogP contribution in [0.5, 0.6) is 0 Å². The predicted octanol–water partition coefficient (Wildman–Crippen LogP) is 2.77. The van der Waals surface area contributed by atoms with Gasteiger partial charge in [0.25, 0.3) is 0 Å². The summed E-state index contributed by atoms with van der Waals surface area (Å²) in [6, 6.07) is 3.76. The zero-order valence-corrected chi connectivity index (χ0v) is 14.4. The smallest absolute Gasteiger partial charge is 0.241 e. The van der Waals surface area contributed by atoms with Crippen LogP contribution >= 0.6 is 11.8 Å². The van der Waals surface area contributed by atoms with Gasteiger partial charge in [0.1, 0.15) is 0 Å². The molecule has 0 fully saturated rings. The Balaban J connectivity index is 3.06. The minimum absolute atomic E-state index is 0.256. The molecule has 0 bridgehead atoms. The van der Waals surface area contributed by atoms with Crippen LogP contribution < -0.4 is 10.0 Å². The number of hydrogen-bond donors (Lipinski definition) is 2. The topological polar surface area (TPSA) is 58.2 Å². The molecule has 0 radical (unpaired) electrons. The number of aryl methyl sites for hydroxylation is 2. The van der Waals surface area contributed by atoms with E-state index in [0.717, 1.165) is 23.4 Å². The molecule has 0 amide bonds. The molecular formula is C14H24N2O2S2. The van der Waals surface area contributed by atoms with E-state index in [1.54, 1.807) is 11.8 Å². The lowest BCUT2D eigenvalue weighted by Crippen LogP contribution is -2.30. The molecule has 0 aliphatic heterocycles. The maximum atomic E-state index is 12.4. The van der Waals surface area contributed by atoms with Crippen molar-refractivity contribution < 1.29 is 8.42 Å². The van der Waals surface area contributed by atoms with Gasteiger partial charge in [0, 0.05) is 24.0 Å². The van der Waals surface area contributed by atoms with Crippen molar-refractivity contribution in [3.05, 3.63) is 23.3 Å². The van der Waals surface area contributed by atoms with Crippen LogP contribution in [0.2, 0.25) is 0 Å². The third-order valence-electron chi connectivity index (χ3n) is 3.07. The second-order valence-corrected chi connectivity index (χ2v) is 7.85. The average molecular weight is 316 g/mol. The van der Waals surface area contributed by atoms with Gasteiger partial charge in [-0.2, -0.15) is 11.8 Å². The largest absolute Gasteiger partial charge is 0.385 e. The van der Waals surface area contributed by atoms with Crippen molar-refractivity contribution >= 4 is 27.5 Å². The molecule has 1 atom stereocenters. The molecule has 0 spiro atoms. The molecule has 0 aliphatic carbocycles. The fourth-order valence-corrected chi connectivity index (χ4v) is 4.00. The van der Waals surface area contributed by atoms with Gasteiger partial charge in [-0.1, -0.05) is 6.92 Å². The summed E-state index contributed by atoms with van der Waals surface area (Å²) >= 11 is 1.64. The van der Waals surface area contributed by atoms with Crippen molar-refractivity contribution in [2.45, 2.75) is 37.8 Å². The van der Waals surface area contributed by atoms with E-state index in [2.05, 4.69) is 10.0 Å². The number of thioether (sulfide) groups is 1. The summed E-state index contributed by atoms with van der Waals surface area (Å²) in [6.45, 7) is 8.94. The Morgan fingerprint density at radius 1 is 1.25 bits per heavy atom. The first-order valence-electron chi connectivity index (χ1n) is 6.69. The van der Waals surface area contributed by atoms with Gasteiger partial charge in [0.2, 0.25) is 10.0 Å². The molecule has 6 heteroatoms. The number of hydrogen-bond acceptors (Lipinski definition) is 4. The van der Waals surface area contributed by atoms with Gasteiger partial charge in [-0.3, -0.25) is 0 Å². The molecule has 0 heterocycles. The van der Waals surface area contributed by atoms with Crippen LogP contribution in [-0.2, 0) is 10.0 Å². The molecule has 0 aliphatic rings. The Labute approximate surface area is 126 Å². The van der Waals surface area contributed by atoms with E-state index in [0.29, 0.717) is 11.4 Å². The number of anilines is 1. The number of nitrogens with one attached hydrogen (secondary N) is 2. The standard InChI is InChI=1S/C14H24N2O2S2/c1-6-15-13-7-10(2)14(11(3)8-13)20(17,18)16-9-12(4)19-5/h7-8,12,15-16H,6,9H2,1-5H3. The summed E-state index contributed by atoms with van der Waals surface area (Å²) in [5.74, 6) is 0. The summed E-state index contributed by atoms with van der Waals surface area (Å²) in [7, 11) is -3.45. The summed E-state index contributed by atoms with van der Waals surface area (Å²) in [6.07, 6.45) is 1.97. The van der Waals surface area contributed by atoms with Gasteiger partial charge < -0.3 is 5.32 Å². The molecule has 1 rings (SSSR count). The van der Waals surface area contributed by atoms with Gasteiger partial charge in [-0.05, 0) is 50.3 Å². The SMILES string of the molecule is CCNc1cc(C)c(S(=O)(=O)NCC(C)SC)c(C)c1. The maximum Gasteiger partial charge on any atom is 0.241 e. The van der Waals surface area contributed by atoms with Crippen LogP contribution in [0.15, 0.2) is 17.0 Å². The Kier molecular flexibility index (Phi) is 6.36. The van der Waals surface area contributed by atoms with E-state index < -0.39 is 10.0 Å². The molecule has 2 N–H and O–H groups in total. The second kappa shape index (κ2) is 7.33. The van der Waals surface area contributed by atoms with E-state index in [1.165, 1.54) is 0 Å². The van der Waals surface area contributed by atoms with Gasteiger partial charge >= 0.3 is 0 Å². The Morgan fingerprint density at radius 3 is 2.25 bits per heavy atom. The zero-order valence-electron chi connectivity index (χ0n) is 12.8. The summed E-state index contributed by atoms with van der Waals surface area (Å²) in [5.41, 5.74) is 2.49. The van der Waals surface area contributed by atoms with Crippen molar-refractivity contribution in [1.82, 2.24) is 4.72 Å². The van der Waals surface area contributed by atoms with Crippen LogP contribution in [-0.4, -0.2) is 33.0 Å². The van der Waals surface area contributed by atoms with Gasteiger partial charge in [0.05, 0.1) is 4.90 Å². The Bertz CT molecular complexity index is 533. The van der Waals surface area contributed by atoms with Gasteiger partial charge in [-0.15, -0.1) is 0 Å². The quantitative estimate of drug-likeness (QED) is 0.812. The lowest BCUT2D eigenvalue weighted by atomic mass is 10.1. The van der Waals surface area contributed by atoms with Gasteiger partial charge in [-0.25, -0.2) is 13.1 Å². The minimum Gasteiger partial charge on any atom is -0.385 e. The summed E-state index contributed by atoms with van der Waals surface area (Å²) in [5, 5.41) is 3.46. The normalized spacial score (nSPS) is 13.2. The Hall–Kier alpha value is -0.720. The van der Waals surface area contributed by atoms with Crippen LogP contribution in [0.25, 0.3) is 0 Å². The zero-order chi connectivity index (χ0) is 15.3. The molecule has 4 nitrogen and oxygen atoms in total. The third kappa shape index (κ3) is 4.40.